The topological polar surface area (TPSA) is 92.4 Å². The van der Waals surface area contributed by atoms with Gasteiger partial charge in [-0.05, 0) is 36.8 Å². The number of nitrogens with one attached hydrogen (secondary N) is 1. The molecule has 7 heteroatoms. The summed E-state index contributed by atoms with van der Waals surface area (Å²) in [6.07, 6.45) is 0. The predicted octanol–water partition coefficient (Wildman–Crippen LogP) is 2.74. The average molecular weight is 313 g/mol. The van der Waals surface area contributed by atoms with Gasteiger partial charge in [0.05, 0.1) is 21.3 Å². The second kappa shape index (κ2) is 5.22. The Labute approximate surface area is 122 Å². The van der Waals surface area contributed by atoms with Crippen molar-refractivity contribution in [1.29, 1.82) is 0 Å². The summed E-state index contributed by atoms with van der Waals surface area (Å²) in [6.45, 7) is 1.74. The molecule has 2 rings (SSSR count). The average Bonchev–Trinajstić information content (AvgIpc) is 2.37. The van der Waals surface area contributed by atoms with Gasteiger partial charge in [-0.3, -0.25) is 4.72 Å². The maximum atomic E-state index is 12.3. The van der Waals surface area contributed by atoms with Gasteiger partial charge in [0.25, 0.3) is 10.0 Å². The minimum atomic E-state index is -3.82. The predicted molar refractivity (Wildman–Crippen MR) is 79.5 cm³/mol. The second-order valence-corrected chi connectivity index (χ2v) is 6.35. The lowest BCUT2D eigenvalue weighted by molar-refractivity contribution is 0.477. The van der Waals surface area contributed by atoms with Gasteiger partial charge in [-0.2, -0.15) is 0 Å². The number of phenols is 1. The number of nitrogens with two attached hydrogens (primary N) is 1. The van der Waals surface area contributed by atoms with Crippen molar-refractivity contribution in [3.8, 4) is 5.75 Å². The third-order valence-corrected chi connectivity index (χ3v) is 4.43. The van der Waals surface area contributed by atoms with Crippen LogP contribution in [-0.2, 0) is 10.0 Å². The highest BCUT2D eigenvalue weighted by molar-refractivity contribution is 7.92. The van der Waals surface area contributed by atoms with E-state index in [0.29, 0.717) is 16.3 Å². The quantitative estimate of drug-likeness (QED) is 0.600. The van der Waals surface area contributed by atoms with Crippen molar-refractivity contribution >= 4 is 33.0 Å². The summed E-state index contributed by atoms with van der Waals surface area (Å²) < 4.78 is 26.9. The number of halogens is 1. The second-order valence-electron chi connectivity index (χ2n) is 4.26. The Hall–Kier alpha value is -1.92. The molecule has 0 saturated carbocycles. The molecule has 0 aliphatic heterocycles. The molecule has 0 aliphatic carbocycles. The fraction of sp³-hybridized carbons (Fsp3) is 0.0769. The van der Waals surface area contributed by atoms with Crippen molar-refractivity contribution in [1.82, 2.24) is 0 Å². The Morgan fingerprint density at radius 1 is 1.25 bits per heavy atom. The molecule has 2 aromatic carbocycles. The molecule has 20 heavy (non-hydrogen) atoms. The Morgan fingerprint density at radius 3 is 2.55 bits per heavy atom. The molecule has 0 heterocycles. The summed E-state index contributed by atoms with van der Waals surface area (Å²) in [6, 6.07) is 8.74. The molecule has 0 unspecified atom stereocenters. The van der Waals surface area contributed by atoms with Crippen LogP contribution in [0.25, 0.3) is 0 Å². The van der Waals surface area contributed by atoms with Crippen LogP contribution in [0.3, 0.4) is 0 Å². The molecule has 0 radical (unpaired) electrons. The van der Waals surface area contributed by atoms with Gasteiger partial charge in [-0.25, -0.2) is 8.42 Å². The first-order chi connectivity index (χ1) is 9.31. The van der Waals surface area contributed by atoms with E-state index in [1.807, 2.05) is 0 Å². The lowest BCUT2D eigenvalue weighted by atomic mass is 10.2. The SMILES string of the molecule is Cc1cccc(Cl)c1NS(=O)(=O)c1ccc(O)c(N)c1. The summed E-state index contributed by atoms with van der Waals surface area (Å²) in [5.41, 5.74) is 6.51. The van der Waals surface area contributed by atoms with Crippen molar-refractivity contribution in [3.05, 3.63) is 47.0 Å². The number of hydrogen-bond acceptors (Lipinski definition) is 4. The van der Waals surface area contributed by atoms with Crippen LogP contribution >= 0.6 is 11.6 Å². The smallest absolute Gasteiger partial charge is 0.262 e. The maximum absolute atomic E-state index is 12.3. The van der Waals surface area contributed by atoms with Gasteiger partial charge in [0.15, 0.2) is 0 Å². The number of benzene rings is 2. The van der Waals surface area contributed by atoms with Gasteiger partial charge in [0.2, 0.25) is 0 Å². The Balaban J connectivity index is 2.43. The van der Waals surface area contributed by atoms with E-state index in [1.165, 1.54) is 18.2 Å². The van der Waals surface area contributed by atoms with Crippen LogP contribution in [0.15, 0.2) is 41.3 Å². The molecule has 106 valence electrons. The molecule has 0 amide bonds. The lowest BCUT2D eigenvalue weighted by Crippen LogP contribution is -2.14. The number of nitrogen functional groups attached to an aromatic ring is 1. The Bertz CT molecular complexity index is 740. The van der Waals surface area contributed by atoms with Crippen molar-refractivity contribution in [2.75, 3.05) is 10.5 Å². The highest BCUT2D eigenvalue weighted by Gasteiger charge is 2.18. The molecule has 5 nitrogen and oxygen atoms in total. The van der Waals surface area contributed by atoms with E-state index in [-0.39, 0.29) is 16.3 Å². The molecule has 0 saturated heterocycles. The number of phenolic OH excluding ortho intramolecular Hbond substituents is 1. The molecule has 0 aromatic heterocycles. The number of hydrogen-bond donors (Lipinski definition) is 3. The molecule has 0 fully saturated rings. The van der Waals surface area contributed by atoms with E-state index in [0.717, 1.165) is 0 Å². The van der Waals surface area contributed by atoms with E-state index in [2.05, 4.69) is 4.72 Å². The van der Waals surface area contributed by atoms with Crippen LogP contribution < -0.4 is 10.5 Å². The number of para-hydroxylation sites is 1. The summed E-state index contributed by atoms with van der Waals surface area (Å²) in [5.74, 6) is -0.169. The summed E-state index contributed by atoms with van der Waals surface area (Å²) in [5, 5.41) is 9.63. The zero-order valence-corrected chi connectivity index (χ0v) is 12.2. The van der Waals surface area contributed by atoms with Crippen LogP contribution in [-0.4, -0.2) is 13.5 Å². The van der Waals surface area contributed by atoms with Crippen LogP contribution in [0.4, 0.5) is 11.4 Å². The van der Waals surface area contributed by atoms with E-state index < -0.39 is 10.0 Å². The summed E-state index contributed by atoms with van der Waals surface area (Å²) in [4.78, 5) is -0.0490. The zero-order chi connectivity index (χ0) is 14.9. The minimum Gasteiger partial charge on any atom is -0.506 e. The van der Waals surface area contributed by atoms with Crippen molar-refractivity contribution in [2.45, 2.75) is 11.8 Å². The third kappa shape index (κ3) is 2.81. The van der Waals surface area contributed by atoms with Crippen LogP contribution in [0.2, 0.25) is 5.02 Å². The van der Waals surface area contributed by atoms with E-state index in [9.17, 15) is 13.5 Å². The van der Waals surface area contributed by atoms with Crippen LogP contribution in [0.1, 0.15) is 5.56 Å². The van der Waals surface area contributed by atoms with Gasteiger partial charge >= 0.3 is 0 Å². The van der Waals surface area contributed by atoms with Gasteiger partial charge in [0, 0.05) is 0 Å². The number of sulfonamides is 1. The zero-order valence-electron chi connectivity index (χ0n) is 10.6. The molecule has 0 spiro atoms. The highest BCUT2D eigenvalue weighted by Crippen LogP contribution is 2.29. The lowest BCUT2D eigenvalue weighted by Gasteiger charge is -2.12. The normalized spacial score (nSPS) is 11.3. The molecule has 2 aromatic rings. The fourth-order valence-electron chi connectivity index (χ4n) is 1.65. The summed E-state index contributed by atoms with van der Waals surface area (Å²) >= 11 is 5.99. The van der Waals surface area contributed by atoms with Crippen LogP contribution in [0.5, 0.6) is 5.75 Å². The minimum absolute atomic E-state index is 0.0104. The Kier molecular flexibility index (Phi) is 3.78. The molecule has 0 aliphatic rings. The monoisotopic (exact) mass is 312 g/mol. The highest BCUT2D eigenvalue weighted by atomic mass is 35.5. The van der Waals surface area contributed by atoms with Crippen molar-refractivity contribution in [3.63, 3.8) is 0 Å². The number of aromatic hydroxyl groups is 1. The molecular formula is C13H13ClN2O3S. The van der Waals surface area contributed by atoms with Crippen LogP contribution in [0, 0.1) is 6.92 Å². The molecule has 4 N–H and O–H groups in total. The number of anilines is 2. The first kappa shape index (κ1) is 14.5. The maximum Gasteiger partial charge on any atom is 0.262 e. The van der Waals surface area contributed by atoms with E-state index in [4.69, 9.17) is 17.3 Å². The largest absolute Gasteiger partial charge is 0.506 e. The molecule has 0 bridgehead atoms. The molecule has 0 atom stereocenters. The fourth-order valence-corrected chi connectivity index (χ4v) is 3.17. The van der Waals surface area contributed by atoms with Crippen molar-refractivity contribution < 1.29 is 13.5 Å². The summed E-state index contributed by atoms with van der Waals surface area (Å²) in [7, 11) is -3.82. The molecular weight excluding hydrogens is 300 g/mol. The van der Waals surface area contributed by atoms with Gasteiger partial charge in [-0.1, -0.05) is 23.7 Å². The van der Waals surface area contributed by atoms with Gasteiger partial charge in [-0.15, -0.1) is 0 Å². The van der Waals surface area contributed by atoms with Crippen molar-refractivity contribution in [2.24, 2.45) is 0 Å². The number of aryl methyl sites for hydroxylation is 1. The van der Waals surface area contributed by atoms with E-state index >= 15 is 0 Å². The third-order valence-electron chi connectivity index (χ3n) is 2.77. The van der Waals surface area contributed by atoms with E-state index in [1.54, 1.807) is 25.1 Å². The standard InChI is InChI=1S/C13H13ClN2O3S/c1-8-3-2-4-10(14)13(8)16-20(18,19)9-5-6-12(17)11(15)7-9/h2-7,16-17H,15H2,1H3. The van der Waals surface area contributed by atoms with Gasteiger partial charge < -0.3 is 10.8 Å². The van der Waals surface area contributed by atoms with Gasteiger partial charge in [0.1, 0.15) is 5.75 Å². The Morgan fingerprint density at radius 2 is 1.95 bits per heavy atom. The first-order valence-electron chi connectivity index (χ1n) is 5.67. The number of rotatable bonds is 3. The first-order valence-corrected chi connectivity index (χ1v) is 7.54.